The van der Waals surface area contributed by atoms with Crippen molar-refractivity contribution in [1.82, 2.24) is 0 Å². The van der Waals surface area contributed by atoms with Gasteiger partial charge in [0, 0.05) is 16.2 Å². The summed E-state index contributed by atoms with van der Waals surface area (Å²) in [5.41, 5.74) is 1.25. The zero-order valence-electron chi connectivity index (χ0n) is 11.0. The molecular formula is C15H18O2S. The lowest BCUT2D eigenvalue weighted by molar-refractivity contribution is 0.354. The van der Waals surface area contributed by atoms with Crippen LogP contribution in [0, 0.1) is 0 Å². The Kier molecular flexibility index (Phi) is 4.26. The highest BCUT2D eigenvalue weighted by Crippen LogP contribution is 2.29. The van der Waals surface area contributed by atoms with Crippen molar-refractivity contribution in [3.63, 3.8) is 0 Å². The van der Waals surface area contributed by atoms with Crippen LogP contribution in [0.2, 0.25) is 0 Å². The van der Waals surface area contributed by atoms with Crippen molar-refractivity contribution in [3.05, 3.63) is 45.6 Å². The quantitative estimate of drug-likeness (QED) is 0.813. The normalized spacial score (nSPS) is 10.4. The van der Waals surface area contributed by atoms with E-state index in [9.17, 15) is 0 Å². The van der Waals surface area contributed by atoms with E-state index in [4.69, 9.17) is 9.47 Å². The molecule has 0 aliphatic heterocycles. The number of thiophene rings is 1. The van der Waals surface area contributed by atoms with Gasteiger partial charge < -0.3 is 9.47 Å². The summed E-state index contributed by atoms with van der Waals surface area (Å²) in [4.78, 5) is 2.82. The van der Waals surface area contributed by atoms with Crippen LogP contribution in [0.5, 0.6) is 11.5 Å². The molecule has 0 spiro atoms. The Balaban J connectivity index is 2.18. The van der Waals surface area contributed by atoms with Gasteiger partial charge in [-0.05, 0) is 36.2 Å². The topological polar surface area (TPSA) is 18.5 Å². The van der Waals surface area contributed by atoms with E-state index in [1.807, 2.05) is 23.5 Å². The standard InChI is InChI=1S/C15H18O2S/c1-4-12-6-7-13(18-12)9-11-5-8-14(16-2)15(10-11)17-3/h5-8,10H,4,9H2,1-3H3. The van der Waals surface area contributed by atoms with Crippen molar-refractivity contribution < 1.29 is 9.47 Å². The van der Waals surface area contributed by atoms with E-state index in [1.54, 1.807) is 14.2 Å². The minimum Gasteiger partial charge on any atom is -0.493 e. The highest BCUT2D eigenvalue weighted by molar-refractivity contribution is 7.12. The molecule has 0 unspecified atom stereocenters. The van der Waals surface area contributed by atoms with Gasteiger partial charge in [0.25, 0.3) is 0 Å². The molecule has 0 radical (unpaired) electrons. The molecule has 0 aliphatic carbocycles. The SMILES string of the molecule is CCc1ccc(Cc2ccc(OC)c(OC)c2)s1. The molecular weight excluding hydrogens is 244 g/mol. The second kappa shape index (κ2) is 5.91. The lowest BCUT2D eigenvalue weighted by Gasteiger charge is -2.08. The predicted molar refractivity (Wildman–Crippen MR) is 76.0 cm³/mol. The van der Waals surface area contributed by atoms with Crippen molar-refractivity contribution in [2.24, 2.45) is 0 Å². The maximum absolute atomic E-state index is 5.32. The summed E-state index contributed by atoms with van der Waals surface area (Å²) >= 11 is 1.88. The Hall–Kier alpha value is -1.48. The predicted octanol–water partition coefficient (Wildman–Crippen LogP) is 3.92. The molecule has 0 bridgehead atoms. The first-order chi connectivity index (χ1) is 8.76. The van der Waals surface area contributed by atoms with Gasteiger partial charge in [-0.1, -0.05) is 13.0 Å². The molecule has 96 valence electrons. The Bertz CT molecular complexity index is 517. The van der Waals surface area contributed by atoms with Gasteiger partial charge in [0.2, 0.25) is 0 Å². The summed E-state index contributed by atoms with van der Waals surface area (Å²) < 4.78 is 10.6. The zero-order valence-corrected chi connectivity index (χ0v) is 11.8. The van der Waals surface area contributed by atoms with Crippen LogP contribution in [-0.2, 0) is 12.8 Å². The van der Waals surface area contributed by atoms with E-state index in [0.717, 1.165) is 24.3 Å². The van der Waals surface area contributed by atoms with E-state index >= 15 is 0 Å². The molecule has 0 saturated carbocycles. The molecule has 2 rings (SSSR count). The number of ether oxygens (including phenoxy) is 2. The third-order valence-electron chi connectivity index (χ3n) is 2.89. The largest absolute Gasteiger partial charge is 0.493 e. The van der Waals surface area contributed by atoms with Crippen LogP contribution < -0.4 is 9.47 Å². The Morgan fingerprint density at radius 1 is 0.944 bits per heavy atom. The van der Waals surface area contributed by atoms with E-state index in [1.165, 1.54) is 15.3 Å². The fourth-order valence-electron chi connectivity index (χ4n) is 1.90. The smallest absolute Gasteiger partial charge is 0.160 e. The van der Waals surface area contributed by atoms with Gasteiger partial charge in [-0.3, -0.25) is 0 Å². The summed E-state index contributed by atoms with van der Waals surface area (Å²) in [5, 5.41) is 0. The van der Waals surface area contributed by atoms with Gasteiger partial charge in [0.1, 0.15) is 0 Å². The van der Waals surface area contributed by atoms with E-state index < -0.39 is 0 Å². The van der Waals surface area contributed by atoms with Gasteiger partial charge in [-0.2, -0.15) is 0 Å². The summed E-state index contributed by atoms with van der Waals surface area (Å²) in [6.07, 6.45) is 2.06. The number of methoxy groups -OCH3 is 2. The van der Waals surface area contributed by atoms with Crippen molar-refractivity contribution in [2.45, 2.75) is 19.8 Å². The Morgan fingerprint density at radius 3 is 2.28 bits per heavy atom. The zero-order chi connectivity index (χ0) is 13.0. The summed E-state index contributed by atoms with van der Waals surface area (Å²) in [5.74, 6) is 1.57. The molecule has 2 nitrogen and oxygen atoms in total. The van der Waals surface area contributed by atoms with Crippen LogP contribution in [0.3, 0.4) is 0 Å². The van der Waals surface area contributed by atoms with Crippen LogP contribution in [0.25, 0.3) is 0 Å². The molecule has 0 fully saturated rings. The van der Waals surface area contributed by atoms with Crippen LogP contribution in [0.4, 0.5) is 0 Å². The minimum atomic E-state index is 0.779. The molecule has 1 aromatic carbocycles. The minimum absolute atomic E-state index is 0.779. The highest BCUT2D eigenvalue weighted by Gasteiger charge is 2.06. The lowest BCUT2D eigenvalue weighted by atomic mass is 10.1. The molecule has 0 aliphatic rings. The van der Waals surface area contributed by atoms with Gasteiger partial charge in [-0.15, -0.1) is 11.3 Å². The summed E-state index contributed by atoms with van der Waals surface area (Å²) in [7, 11) is 3.33. The van der Waals surface area contributed by atoms with Gasteiger partial charge in [-0.25, -0.2) is 0 Å². The van der Waals surface area contributed by atoms with Crippen molar-refractivity contribution in [1.29, 1.82) is 0 Å². The average Bonchev–Trinajstić information content (AvgIpc) is 2.86. The van der Waals surface area contributed by atoms with Crippen LogP contribution in [0.15, 0.2) is 30.3 Å². The van der Waals surface area contributed by atoms with Crippen molar-refractivity contribution >= 4 is 11.3 Å². The Morgan fingerprint density at radius 2 is 1.67 bits per heavy atom. The first kappa shape index (κ1) is 13.0. The van der Waals surface area contributed by atoms with Gasteiger partial charge in [0.15, 0.2) is 11.5 Å². The van der Waals surface area contributed by atoms with Crippen molar-refractivity contribution in [2.75, 3.05) is 14.2 Å². The number of hydrogen-bond donors (Lipinski definition) is 0. The van der Waals surface area contributed by atoms with Crippen LogP contribution in [0.1, 0.15) is 22.2 Å². The number of aryl methyl sites for hydroxylation is 1. The first-order valence-electron chi connectivity index (χ1n) is 6.05. The number of benzene rings is 1. The fraction of sp³-hybridized carbons (Fsp3) is 0.333. The average molecular weight is 262 g/mol. The summed E-state index contributed by atoms with van der Waals surface area (Å²) in [6, 6.07) is 10.5. The molecule has 1 heterocycles. The van der Waals surface area contributed by atoms with Gasteiger partial charge >= 0.3 is 0 Å². The second-order valence-electron chi connectivity index (χ2n) is 4.09. The maximum Gasteiger partial charge on any atom is 0.160 e. The molecule has 0 saturated heterocycles. The van der Waals surface area contributed by atoms with Crippen LogP contribution >= 0.6 is 11.3 Å². The molecule has 0 amide bonds. The lowest BCUT2D eigenvalue weighted by Crippen LogP contribution is -1.92. The fourth-order valence-corrected chi connectivity index (χ4v) is 2.89. The third kappa shape index (κ3) is 2.85. The van der Waals surface area contributed by atoms with Crippen LogP contribution in [-0.4, -0.2) is 14.2 Å². The molecule has 0 atom stereocenters. The van der Waals surface area contributed by atoms with Gasteiger partial charge in [0.05, 0.1) is 14.2 Å². The molecule has 0 N–H and O–H groups in total. The van der Waals surface area contributed by atoms with E-state index in [0.29, 0.717) is 0 Å². The molecule has 18 heavy (non-hydrogen) atoms. The molecule has 2 aromatic rings. The number of rotatable bonds is 5. The second-order valence-corrected chi connectivity index (χ2v) is 5.34. The van der Waals surface area contributed by atoms with E-state index in [-0.39, 0.29) is 0 Å². The first-order valence-corrected chi connectivity index (χ1v) is 6.87. The molecule has 3 heteroatoms. The third-order valence-corrected chi connectivity index (χ3v) is 4.12. The maximum atomic E-state index is 5.32. The van der Waals surface area contributed by atoms with E-state index in [2.05, 4.69) is 25.1 Å². The van der Waals surface area contributed by atoms with Crippen molar-refractivity contribution in [3.8, 4) is 11.5 Å². The number of hydrogen-bond acceptors (Lipinski definition) is 3. The Labute approximate surface area is 112 Å². The summed E-state index contributed by atoms with van der Waals surface area (Å²) in [6.45, 7) is 2.19. The highest BCUT2D eigenvalue weighted by atomic mass is 32.1. The molecule has 1 aromatic heterocycles. The monoisotopic (exact) mass is 262 g/mol.